The summed E-state index contributed by atoms with van der Waals surface area (Å²) in [4.78, 5) is 2.59. The van der Waals surface area contributed by atoms with Gasteiger partial charge in [0.1, 0.15) is 23.0 Å². The molecule has 0 atom stereocenters. The summed E-state index contributed by atoms with van der Waals surface area (Å²) in [6, 6.07) is 43.4. The van der Waals surface area contributed by atoms with Crippen LogP contribution < -0.4 is 36.3 Å². The van der Waals surface area contributed by atoms with Crippen molar-refractivity contribution in [3.05, 3.63) is 132 Å². The Morgan fingerprint density at radius 1 is 0.500 bits per heavy atom. The Labute approximate surface area is 257 Å². The van der Waals surface area contributed by atoms with Crippen LogP contribution in [0.3, 0.4) is 0 Å². The van der Waals surface area contributed by atoms with Gasteiger partial charge in [-0.15, -0.1) is 0 Å². The average molecular weight is 564 g/mol. The first-order chi connectivity index (χ1) is 21.7. The van der Waals surface area contributed by atoms with Crippen molar-refractivity contribution in [2.24, 2.45) is 0 Å². The van der Waals surface area contributed by atoms with E-state index >= 15 is 0 Å². The molecule has 0 spiro atoms. The van der Waals surface area contributed by atoms with Crippen molar-refractivity contribution in [2.75, 3.05) is 5.01 Å². The van der Waals surface area contributed by atoms with Crippen LogP contribution in [0, 0.1) is 13.8 Å². The normalized spacial score (nSPS) is 14.7. The van der Waals surface area contributed by atoms with Crippen molar-refractivity contribution in [3.8, 4) is 45.3 Å². The zero-order valence-corrected chi connectivity index (χ0v) is 24.4. The topological polar surface area (TPSA) is 24.9 Å². The van der Waals surface area contributed by atoms with Gasteiger partial charge in [-0.1, -0.05) is 97.1 Å². The Morgan fingerprint density at radius 3 is 1.41 bits per heavy atom. The van der Waals surface area contributed by atoms with E-state index in [-0.39, 0.29) is 13.7 Å². The fourth-order valence-corrected chi connectivity index (χ4v) is 7.86. The molecule has 0 amide bonds. The third-order valence-corrected chi connectivity index (χ3v) is 9.57. The lowest BCUT2D eigenvalue weighted by molar-refractivity contribution is 0.487. The summed E-state index contributed by atoms with van der Waals surface area (Å²) < 4.78 is 13.8. The third kappa shape index (κ3) is 3.13. The SMILES string of the molecule is Cc1cc2c3c(c1)N1c4cc(C)cc5c4B(c4cccc(-c6ccccc6)c4O5)N1B3c1cccc(-c3ccccc3)c1O2. The molecule has 4 aliphatic rings. The van der Waals surface area contributed by atoms with Crippen molar-refractivity contribution in [1.29, 1.82) is 0 Å². The van der Waals surface area contributed by atoms with E-state index in [9.17, 15) is 0 Å². The van der Waals surface area contributed by atoms with Crippen molar-refractivity contribution >= 4 is 46.9 Å². The zero-order valence-electron chi connectivity index (χ0n) is 24.4. The van der Waals surface area contributed by atoms with E-state index in [0.29, 0.717) is 0 Å². The molecule has 0 aliphatic carbocycles. The Bertz CT molecular complexity index is 2030. The molecule has 10 rings (SSSR count). The third-order valence-electron chi connectivity index (χ3n) is 9.57. The van der Waals surface area contributed by atoms with Crippen LogP contribution in [0.15, 0.2) is 121 Å². The quantitative estimate of drug-likeness (QED) is 0.226. The van der Waals surface area contributed by atoms with E-state index in [4.69, 9.17) is 9.47 Å². The maximum absolute atomic E-state index is 6.89. The molecule has 6 heteroatoms. The smallest absolute Gasteiger partial charge is 0.310 e. The predicted octanol–water partition coefficient (Wildman–Crippen LogP) is 6.44. The van der Waals surface area contributed by atoms with Gasteiger partial charge in [0.2, 0.25) is 0 Å². The number of benzene rings is 6. The summed E-state index contributed by atoms with van der Waals surface area (Å²) in [6.07, 6.45) is 0. The van der Waals surface area contributed by atoms with Crippen LogP contribution in [0.2, 0.25) is 0 Å². The first-order valence-corrected chi connectivity index (χ1v) is 15.3. The molecular formula is C38H26B2N2O2. The number of ether oxygens (including phenoxy) is 2. The summed E-state index contributed by atoms with van der Waals surface area (Å²) >= 11 is 0. The minimum absolute atomic E-state index is 0.0232. The summed E-state index contributed by atoms with van der Waals surface area (Å²) in [6.45, 7) is 4.28. The molecule has 0 aromatic heterocycles. The van der Waals surface area contributed by atoms with E-state index in [0.717, 1.165) is 45.3 Å². The Kier molecular flexibility index (Phi) is 4.79. The number of hydrogen-bond acceptors (Lipinski definition) is 4. The van der Waals surface area contributed by atoms with Gasteiger partial charge in [0, 0.05) is 22.1 Å². The molecule has 206 valence electrons. The lowest BCUT2D eigenvalue weighted by Crippen LogP contribution is -2.66. The number of para-hydroxylation sites is 2. The highest BCUT2D eigenvalue weighted by Crippen LogP contribution is 2.48. The Balaban J connectivity index is 1.26. The zero-order chi connectivity index (χ0) is 29.1. The molecule has 0 saturated carbocycles. The highest BCUT2D eigenvalue weighted by Gasteiger charge is 2.58. The molecule has 6 aromatic rings. The Morgan fingerprint density at radius 2 is 0.955 bits per heavy atom. The number of nitrogens with zero attached hydrogens (tertiary/aromatic N) is 2. The van der Waals surface area contributed by atoms with Gasteiger partial charge < -0.3 is 9.47 Å². The predicted molar refractivity (Wildman–Crippen MR) is 180 cm³/mol. The summed E-state index contributed by atoms with van der Waals surface area (Å²) in [5, 5.41) is 2.45. The van der Waals surface area contributed by atoms with E-state index in [1.54, 1.807) is 0 Å². The summed E-state index contributed by atoms with van der Waals surface area (Å²) in [5.74, 6) is 3.75. The van der Waals surface area contributed by atoms with Gasteiger partial charge in [-0.3, -0.25) is 9.84 Å². The minimum atomic E-state index is -0.0232. The second-order valence-corrected chi connectivity index (χ2v) is 12.3. The van der Waals surface area contributed by atoms with Gasteiger partial charge >= 0.3 is 13.7 Å². The molecule has 6 aromatic carbocycles. The molecule has 0 saturated heterocycles. The molecule has 44 heavy (non-hydrogen) atoms. The van der Waals surface area contributed by atoms with Crippen LogP contribution in [0.5, 0.6) is 23.0 Å². The largest absolute Gasteiger partial charge is 0.458 e. The standard InChI is InChI=1S/C38H26B2N2O2/c1-23-19-31-35-33(21-23)43-37-27(25-11-5-3-6-12-25)15-9-17-29(37)39(35)42-40-30-18-10-16-28(26-13-7-4-8-14-26)38(30)44-34-22-24(2)20-32(36(34)40)41(31)42/h3-22H,1-2H3. The van der Waals surface area contributed by atoms with Crippen LogP contribution in [0.25, 0.3) is 22.3 Å². The van der Waals surface area contributed by atoms with Crippen molar-refractivity contribution < 1.29 is 9.47 Å². The van der Waals surface area contributed by atoms with Gasteiger partial charge in [0.25, 0.3) is 0 Å². The maximum Gasteiger partial charge on any atom is 0.310 e. The number of aryl methyl sites for hydroxylation is 2. The van der Waals surface area contributed by atoms with Crippen molar-refractivity contribution in [1.82, 2.24) is 4.83 Å². The lowest BCUT2D eigenvalue weighted by atomic mass is 9.38. The Hall–Kier alpha value is -5.19. The molecule has 0 N–H and O–H groups in total. The van der Waals surface area contributed by atoms with E-state index < -0.39 is 0 Å². The highest BCUT2D eigenvalue weighted by molar-refractivity contribution is 7.02. The fraction of sp³-hybridized carbons (Fsp3) is 0.0526. The molecule has 0 radical (unpaired) electrons. The molecule has 0 unspecified atom stereocenters. The number of hydrogen-bond donors (Lipinski definition) is 0. The second kappa shape index (κ2) is 8.68. The number of anilines is 2. The van der Waals surface area contributed by atoms with E-state index in [1.807, 2.05) is 0 Å². The maximum atomic E-state index is 6.89. The van der Waals surface area contributed by atoms with Crippen molar-refractivity contribution in [2.45, 2.75) is 13.8 Å². The van der Waals surface area contributed by atoms with Crippen LogP contribution in [0.4, 0.5) is 11.4 Å². The van der Waals surface area contributed by atoms with Crippen LogP contribution in [-0.2, 0) is 0 Å². The van der Waals surface area contributed by atoms with Gasteiger partial charge in [-0.05, 0) is 71.3 Å². The molecule has 0 fully saturated rings. The molecule has 4 nitrogen and oxygen atoms in total. The molecular weight excluding hydrogens is 538 g/mol. The number of rotatable bonds is 2. The van der Waals surface area contributed by atoms with Crippen molar-refractivity contribution in [3.63, 3.8) is 0 Å². The minimum Gasteiger partial charge on any atom is -0.458 e. The summed E-state index contributed by atoms with van der Waals surface area (Å²) in [7, 11) is 0. The lowest BCUT2D eigenvalue weighted by Gasteiger charge is -2.34. The van der Waals surface area contributed by atoms with Gasteiger partial charge in [-0.2, -0.15) is 0 Å². The monoisotopic (exact) mass is 564 g/mol. The van der Waals surface area contributed by atoms with Gasteiger partial charge in [0.05, 0.1) is 11.4 Å². The van der Waals surface area contributed by atoms with E-state index in [2.05, 4.69) is 145 Å². The number of fused-ring (bicyclic) bond motifs is 9. The molecule has 0 bridgehead atoms. The molecule has 4 heterocycles. The number of hydrazine groups is 1. The van der Waals surface area contributed by atoms with Crippen LogP contribution in [0.1, 0.15) is 11.1 Å². The fourth-order valence-electron chi connectivity index (χ4n) is 7.86. The summed E-state index contributed by atoms with van der Waals surface area (Å²) in [5.41, 5.74) is 14.1. The highest BCUT2D eigenvalue weighted by atomic mass is 16.5. The van der Waals surface area contributed by atoms with Crippen LogP contribution >= 0.6 is 0 Å². The first-order valence-electron chi connectivity index (χ1n) is 15.3. The second-order valence-electron chi connectivity index (χ2n) is 12.3. The van der Waals surface area contributed by atoms with E-state index in [1.165, 1.54) is 44.4 Å². The first kappa shape index (κ1) is 24.3. The molecule has 4 aliphatic heterocycles. The average Bonchev–Trinajstić information content (AvgIpc) is 3.56. The van der Waals surface area contributed by atoms with Gasteiger partial charge in [-0.25, -0.2) is 0 Å². The van der Waals surface area contributed by atoms with Crippen LogP contribution in [-0.4, -0.2) is 18.5 Å². The van der Waals surface area contributed by atoms with Gasteiger partial charge in [0.15, 0.2) is 0 Å².